The lowest BCUT2D eigenvalue weighted by Crippen LogP contribution is -2.33. The Kier molecular flexibility index (Phi) is 3.82. The third-order valence-corrected chi connectivity index (χ3v) is 3.92. The molecule has 4 nitrogen and oxygen atoms in total. The van der Waals surface area contributed by atoms with Crippen molar-refractivity contribution in [3.8, 4) is 0 Å². The van der Waals surface area contributed by atoms with E-state index in [1.807, 2.05) is 0 Å². The first-order valence-electron chi connectivity index (χ1n) is 6.36. The molecule has 0 aliphatic heterocycles. The zero-order valence-corrected chi connectivity index (χ0v) is 9.69. The summed E-state index contributed by atoms with van der Waals surface area (Å²) in [5, 5.41) is 12.4. The van der Waals surface area contributed by atoms with Crippen LogP contribution in [0.5, 0.6) is 0 Å². The molecule has 0 radical (unpaired) electrons. The smallest absolute Gasteiger partial charge is 0.223 e. The van der Waals surface area contributed by atoms with Gasteiger partial charge in [-0.15, -0.1) is 0 Å². The Morgan fingerprint density at radius 1 is 1.25 bits per heavy atom. The summed E-state index contributed by atoms with van der Waals surface area (Å²) in [5.41, 5.74) is 5.79. The van der Waals surface area contributed by atoms with Crippen molar-refractivity contribution in [1.29, 1.82) is 0 Å². The van der Waals surface area contributed by atoms with E-state index >= 15 is 0 Å². The Morgan fingerprint density at radius 2 is 2.06 bits per heavy atom. The van der Waals surface area contributed by atoms with E-state index in [2.05, 4.69) is 5.32 Å². The van der Waals surface area contributed by atoms with Crippen LogP contribution in [0.15, 0.2) is 0 Å². The maximum absolute atomic E-state index is 11.8. The summed E-state index contributed by atoms with van der Waals surface area (Å²) >= 11 is 0. The molecular weight excluding hydrogens is 204 g/mol. The second-order valence-corrected chi connectivity index (χ2v) is 5.35. The summed E-state index contributed by atoms with van der Waals surface area (Å²) in [6.45, 7) is 0.724. The average molecular weight is 226 g/mol. The molecule has 4 unspecified atom stereocenters. The van der Waals surface area contributed by atoms with Crippen LogP contribution in [0, 0.1) is 11.8 Å². The van der Waals surface area contributed by atoms with Gasteiger partial charge in [-0.2, -0.15) is 0 Å². The number of hydrogen-bond donors (Lipinski definition) is 3. The lowest BCUT2D eigenvalue weighted by Gasteiger charge is -2.14. The van der Waals surface area contributed by atoms with Crippen LogP contribution in [0.1, 0.15) is 38.5 Å². The van der Waals surface area contributed by atoms with Gasteiger partial charge in [0.1, 0.15) is 0 Å². The number of amides is 1. The van der Waals surface area contributed by atoms with Crippen molar-refractivity contribution in [2.75, 3.05) is 6.54 Å². The predicted molar refractivity (Wildman–Crippen MR) is 61.7 cm³/mol. The fraction of sp³-hybridized carbons (Fsp3) is 0.917. The molecule has 4 N–H and O–H groups in total. The Morgan fingerprint density at radius 3 is 2.62 bits per heavy atom. The Balaban J connectivity index is 1.68. The van der Waals surface area contributed by atoms with E-state index in [1.165, 1.54) is 0 Å². The average Bonchev–Trinajstić information content (AvgIpc) is 2.84. The quantitative estimate of drug-likeness (QED) is 0.651. The highest BCUT2D eigenvalue weighted by Gasteiger charge is 2.29. The van der Waals surface area contributed by atoms with Crippen molar-refractivity contribution in [1.82, 2.24) is 5.32 Å². The van der Waals surface area contributed by atoms with Gasteiger partial charge in [-0.05, 0) is 44.4 Å². The molecule has 1 amide bonds. The zero-order valence-electron chi connectivity index (χ0n) is 9.69. The van der Waals surface area contributed by atoms with Gasteiger partial charge in [0.15, 0.2) is 0 Å². The molecule has 0 saturated heterocycles. The number of nitrogens with two attached hydrogens (primary N) is 1. The fourth-order valence-corrected chi connectivity index (χ4v) is 2.88. The highest BCUT2D eigenvalue weighted by Crippen LogP contribution is 2.26. The second-order valence-electron chi connectivity index (χ2n) is 5.35. The van der Waals surface area contributed by atoms with Crippen LogP contribution in [0.2, 0.25) is 0 Å². The molecule has 2 fully saturated rings. The van der Waals surface area contributed by atoms with Gasteiger partial charge in [0.05, 0.1) is 6.10 Å². The Bertz CT molecular complexity index is 257. The van der Waals surface area contributed by atoms with Crippen LogP contribution >= 0.6 is 0 Å². The first-order valence-corrected chi connectivity index (χ1v) is 6.36. The van der Waals surface area contributed by atoms with Crippen molar-refractivity contribution >= 4 is 5.91 Å². The Hall–Kier alpha value is -0.610. The molecule has 0 aromatic heterocycles. The van der Waals surface area contributed by atoms with Gasteiger partial charge in [-0.25, -0.2) is 0 Å². The van der Waals surface area contributed by atoms with Crippen molar-refractivity contribution in [3.63, 3.8) is 0 Å². The van der Waals surface area contributed by atoms with Gasteiger partial charge >= 0.3 is 0 Å². The molecule has 0 heterocycles. The van der Waals surface area contributed by atoms with Crippen LogP contribution in [0.4, 0.5) is 0 Å². The number of nitrogens with one attached hydrogen (secondary N) is 1. The molecule has 4 atom stereocenters. The van der Waals surface area contributed by atoms with E-state index in [4.69, 9.17) is 5.73 Å². The molecule has 2 aliphatic rings. The number of aliphatic hydroxyl groups excluding tert-OH is 1. The lowest BCUT2D eigenvalue weighted by molar-refractivity contribution is -0.125. The van der Waals surface area contributed by atoms with E-state index in [9.17, 15) is 9.90 Å². The van der Waals surface area contributed by atoms with Crippen molar-refractivity contribution < 1.29 is 9.90 Å². The number of carbonyl (C=O) groups excluding carboxylic acids is 1. The van der Waals surface area contributed by atoms with E-state index in [0.717, 1.165) is 45.1 Å². The monoisotopic (exact) mass is 226 g/mol. The number of rotatable bonds is 3. The third-order valence-electron chi connectivity index (χ3n) is 3.92. The highest BCUT2D eigenvalue weighted by molar-refractivity contribution is 5.79. The fourth-order valence-electron chi connectivity index (χ4n) is 2.88. The summed E-state index contributed by atoms with van der Waals surface area (Å²) in [7, 11) is 0. The summed E-state index contributed by atoms with van der Waals surface area (Å²) in [6.07, 6.45) is 5.34. The molecule has 92 valence electrons. The van der Waals surface area contributed by atoms with Crippen molar-refractivity contribution in [3.05, 3.63) is 0 Å². The van der Waals surface area contributed by atoms with E-state index < -0.39 is 0 Å². The van der Waals surface area contributed by atoms with Crippen LogP contribution in [0.3, 0.4) is 0 Å². The van der Waals surface area contributed by atoms with Gasteiger partial charge in [-0.3, -0.25) is 4.79 Å². The molecule has 0 spiro atoms. The SMILES string of the molecule is NC1CCC(C(=O)NCC2CCC(O)C2)C1. The molecule has 2 saturated carbocycles. The van der Waals surface area contributed by atoms with Crippen molar-refractivity contribution in [2.24, 2.45) is 17.6 Å². The maximum atomic E-state index is 11.8. The molecule has 0 aromatic rings. The van der Waals surface area contributed by atoms with Gasteiger partial charge in [-0.1, -0.05) is 0 Å². The number of carbonyl (C=O) groups is 1. The molecule has 16 heavy (non-hydrogen) atoms. The maximum Gasteiger partial charge on any atom is 0.223 e. The van der Waals surface area contributed by atoms with E-state index in [0.29, 0.717) is 5.92 Å². The summed E-state index contributed by atoms with van der Waals surface area (Å²) < 4.78 is 0. The van der Waals surface area contributed by atoms with Crippen molar-refractivity contribution in [2.45, 2.75) is 50.7 Å². The zero-order chi connectivity index (χ0) is 11.5. The number of hydrogen-bond acceptors (Lipinski definition) is 3. The largest absolute Gasteiger partial charge is 0.393 e. The Labute approximate surface area is 96.6 Å². The minimum atomic E-state index is -0.151. The molecule has 0 aromatic carbocycles. The predicted octanol–water partition coefficient (Wildman–Crippen LogP) is 0.391. The normalized spacial score (nSPS) is 38.9. The highest BCUT2D eigenvalue weighted by atomic mass is 16.3. The molecular formula is C12H22N2O2. The van der Waals surface area contributed by atoms with Gasteiger partial charge in [0.2, 0.25) is 5.91 Å². The van der Waals surface area contributed by atoms with Gasteiger partial charge in [0.25, 0.3) is 0 Å². The molecule has 2 rings (SSSR count). The van der Waals surface area contributed by atoms with Gasteiger partial charge < -0.3 is 16.2 Å². The molecule has 0 bridgehead atoms. The summed E-state index contributed by atoms with van der Waals surface area (Å²) in [6, 6.07) is 0.212. The number of aliphatic hydroxyl groups is 1. The van der Waals surface area contributed by atoms with Crippen LogP contribution in [-0.2, 0) is 4.79 Å². The minimum absolute atomic E-state index is 0.126. The lowest BCUT2D eigenvalue weighted by atomic mass is 10.1. The first-order chi connectivity index (χ1) is 7.65. The third kappa shape index (κ3) is 2.95. The minimum Gasteiger partial charge on any atom is -0.393 e. The molecule has 4 heteroatoms. The molecule has 2 aliphatic carbocycles. The van der Waals surface area contributed by atoms with E-state index in [-0.39, 0.29) is 24.0 Å². The second kappa shape index (κ2) is 5.15. The van der Waals surface area contributed by atoms with Crippen LogP contribution < -0.4 is 11.1 Å². The standard InChI is InChI=1S/C12H22N2O2/c13-10-3-2-9(6-10)12(16)14-7-8-1-4-11(15)5-8/h8-11,15H,1-7,13H2,(H,14,16). The van der Waals surface area contributed by atoms with Gasteiger partial charge in [0, 0.05) is 18.5 Å². The van der Waals surface area contributed by atoms with E-state index in [1.54, 1.807) is 0 Å². The topological polar surface area (TPSA) is 75.4 Å². The summed E-state index contributed by atoms with van der Waals surface area (Å²) in [5.74, 6) is 0.754. The van der Waals surface area contributed by atoms with Crippen LogP contribution in [0.25, 0.3) is 0 Å². The first kappa shape index (κ1) is 11.9. The summed E-state index contributed by atoms with van der Waals surface area (Å²) in [4.78, 5) is 11.8. The van der Waals surface area contributed by atoms with Crippen LogP contribution in [-0.4, -0.2) is 29.7 Å².